The van der Waals surface area contributed by atoms with Gasteiger partial charge in [0.15, 0.2) is 0 Å². The van der Waals surface area contributed by atoms with Crippen LogP contribution in [0.2, 0.25) is 0 Å². The summed E-state index contributed by atoms with van der Waals surface area (Å²) in [6.45, 7) is 2.48. The van der Waals surface area contributed by atoms with E-state index in [-0.39, 0.29) is 17.1 Å². The normalized spacial score (nSPS) is 18.4. The van der Waals surface area contributed by atoms with E-state index in [0.29, 0.717) is 56.5 Å². The van der Waals surface area contributed by atoms with E-state index >= 15 is 0 Å². The molecule has 2 aliphatic heterocycles. The maximum absolute atomic E-state index is 14.9. The smallest absolute Gasteiger partial charge is 0.341 e. The van der Waals surface area contributed by atoms with Crippen LogP contribution >= 0.6 is 0 Å². The number of rotatable bonds is 3. The molecule has 0 saturated carbocycles. The van der Waals surface area contributed by atoms with E-state index in [0.717, 1.165) is 12.0 Å². The fourth-order valence-corrected chi connectivity index (χ4v) is 4.15. The molecule has 138 valence electrons. The molecule has 6 nitrogen and oxygen atoms in total. The number of carbonyl (C=O) groups is 1. The van der Waals surface area contributed by atoms with Crippen molar-refractivity contribution >= 4 is 16.9 Å². The Hall–Kier alpha value is -2.25. The molecule has 7 heteroatoms. The first-order valence-corrected chi connectivity index (χ1v) is 8.97. The predicted molar refractivity (Wildman–Crippen MR) is 94.0 cm³/mol. The summed E-state index contributed by atoms with van der Waals surface area (Å²) < 4.78 is 16.7. The van der Waals surface area contributed by atoms with Gasteiger partial charge < -0.3 is 14.8 Å². The highest BCUT2D eigenvalue weighted by Crippen LogP contribution is 2.30. The number of carboxylic acid groups (broad SMARTS) is 1. The van der Waals surface area contributed by atoms with E-state index in [1.807, 2.05) is 0 Å². The highest BCUT2D eigenvalue weighted by Gasteiger charge is 2.25. The van der Waals surface area contributed by atoms with Crippen LogP contribution in [-0.4, -0.2) is 44.8 Å². The predicted octanol–water partition coefficient (Wildman–Crippen LogP) is 1.74. The molecule has 1 aromatic heterocycles. The fraction of sp³-hybridized carbons (Fsp3) is 0.474. The highest BCUT2D eigenvalue weighted by atomic mass is 19.1. The molecule has 0 aliphatic carbocycles. The molecule has 1 fully saturated rings. The zero-order valence-electron chi connectivity index (χ0n) is 14.4. The van der Waals surface area contributed by atoms with Crippen molar-refractivity contribution in [2.75, 3.05) is 13.1 Å². The van der Waals surface area contributed by atoms with Crippen molar-refractivity contribution in [3.63, 3.8) is 0 Å². The van der Waals surface area contributed by atoms with Gasteiger partial charge in [0.25, 0.3) is 0 Å². The Morgan fingerprint density at radius 3 is 2.69 bits per heavy atom. The Labute approximate surface area is 149 Å². The second-order valence-electron chi connectivity index (χ2n) is 7.19. The Kier molecular flexibility index (Phi) is 4.28. The van der Waals surface area contributed by atoms with E-state index in [1.165, 1.54) is 12.3 Å². The number of pyridine rings is 1. The van der Waals surface area contributed by atoms with Crippen molar-refractivity contribution in [2.45, 2.75) is 44.9 Å². The largest absolute Gasteiger partial charge is 0.477 e. The number of aromatic nitrogens is 1. The monoisotopic (exact) mass is 360 g/mol. The van der Waals surface area contributed by atoms with Gasteiger partial charge in [-0.25, -0.2) is 9.18 Å². The summed E-state index contributed by atoms with van der Waals surface area (Å²) in [5.41, 5.74) is 1.12. The van der Waals surface area contributed by atoms with Crippen LogP contribution in [0.15, 0.2) is 17.1 Å². The Balaban J connectivity index is 1.85. The number of nitrogens with zero attached hydrogens (tertiary/aromatic N) is 2. The van der Waals surface area contributed by atoms with Crippen LogP contribution in [-0.2, 0) is 19.5 Å². The number of aromatic carboxylic acids is 1. The molecule has 2 N–H and O–H groups in total. The second kappa shape index (κ2) is 6.48. The lowest BCUT2D eigenvalue weighted by atomic mass is 9.93. The van der Waals surface area contributed by atoms with E-state index in [9.17, 15) is 24.2 Å². The first-order valence-electron chi connectivity index (χ1n) is 8.97. The van der Waals surface area contributed by atoms with E-state index in [4.69, 9.17) is 0 Å². The Bertz CT molecular complexity index is 945. The topological polar surface area (TPSA) is 82.8 Å². The van der Waals surface area contributed by atoms with Crippen LogP contribution in [0.25, 0.3) is 10.9 Å². The number of halogens is 1. The van der Waals surface area contributed by atoms with Gasteiger partial charge in [-0.2, -0.15) is 0 Å². The molecule has 0 bridgehead atoms. The number of hydrogen-bond acceptors (Lipinski definition) is 4. The summed E-state index contributed by atoms with van der Waals surface area (Å²) in [6, 6.07) is 1.20. The first-order chi connectivity index (χ1) is 12.5. The molecule has 3 heterocycles. The molecule has 0 spiro atoms. The van der Waals surface area contributed by atoms with Gasteiger partial charge in [0.2, 0.25) is 5.43 Å². The molecule has 1 aromatic carbocycles. The Morgan fingerprint density at radius 2 is 2.00 bits per heavy atom. The summed E-state index contributed by atoms with van der Waals surface area (Å²) in [4.78, 5) is 26.0. The minimum Gasteiger partial charge on any atom is -0.477 e. The molecule has 0 unspecified atom stereocenters. The zero-order valence-corrected chi connectivity index (χ0v) is 14.4. The van der Waals surface area contributed by atoms with Gasteiger partial charge in [-0.1, -0.05) is 0 Å². The first kappa shape index (κ1) is 17.2. The minimum absolute atomic E-state index is 0.148. The summed E-state index contributed by atoms with van der Waals surface area (Å²) in [5, 5.41) is 19.1. The standard InChI is InChI=1S/C19H21FN2O4/c20-16-8-13-17-12(14(16)9-21-6-3-11(23)4-7-21)2-1-5-22(17)10-15(18(13)24)19(25)26/h8,10-11,23H,1-7,9H2,(H,25,26). The number of aliphatic hydroxyl groups excluding tert-OH is 1. The third-order valence-corrected chi connectivity index (χ3v) is 5.52. The number of aryl methyl sites for hydroxylation is 2. The number of hydrogen-bond donors (Lipinski definition) is 2. The highest BCUT2D eigenvalue weighted by molar-refractivity contribution is 5.94. The van der Waals surface area contributed by atoms with Gasteiger partial charge >= 0.3 is 5.97 Å². The molecular formula is C19H21FN2O4. The molecule has 0 radical (unpaired) electrons. The van der Waals surface area contributed by atoms with Gasteiger partial charge in [0.05, 0.1) is 11.6 Å². The molecule has 0 atom stereocenters. The van der Waals surface area contributed by atoms with E-state index in [2.05, 4.69) is 4.90 Å². The minimum atomic E-state index is -1.29. The number of likely N-dealkylation sites (tertiary alicyclic amines) is 1. The lowest BCUT2D eigenvalue weighted by Crippen LogP contribution is -2.36. The van der Waals surface area contributed by atoms with Crippen molar-refractivity contribution in [3.8, 4) is 0 Å². The van der Waals surface area contributed by atoms with Gasteiger partial charge in [-0.05, 0) is 37.3 Å². The molecule has 0 amide bonds. The average Bonchev–Trinajstić information content (AvgIpc) is 2.62. The zero-order chi connectivity index (χ0) is 18.4. The maximum atomic E-state index is 14.9. The number of piperidine rings is 1. The summed E-state index contributed by atoms with van der Waals surface area (Å²) in [6.07, 6.45) is 3.90. The van der Waals surface area contributed by atoms with Crippen molar-refractivity contribution in [3.05, 3.63) is 45.0 Å². The number of carboxylic acids is 1. The third kappa shape index (κ3) is 2.81. The quantitative estimate of drug-likeness (QED) is 0.871. The van der Waals surface area contributed by atoms with Crippen LogP contribution in [0.5, 0.6) is 0 Å². The maximum Gasteiger partial charge on any atom is 0.341 e. The molecule has 26 heavy (non-hydrogen) atoms. The summed E-state index contributed by atoms with van der Waals surface area (Å²) in [7, 11) is 0. The van der Waals surface area contributed by atoms with E-state index < -0.39 is 17.2 Å². The van der Waals surface area contributed by atoms with Gasteiger partial charge in [-0.3, -0.25) is 9.69 Å². The van der Waals surface area contributed by atoms with Crippen molar-refractivity contribution < 1.29 is 19.4 Å². The van der Waals surface area contributed by atoms with Gasteiger partial charge in [0, 0.05) is 43.3 Å². The lowest BCUT2D eigenvalue weighted by molar-refractivity contribution is 0.0694. The van der Waals surface area contributed by atoms with Crippen LogP contribution in [0.1, 0.15) is 40.7 Å². The third-order valence-electron chi connectivity index (χ3n) is 5.52. The molecule has 4 rings (SSSR count). The summed E-state index contributed by atoms with van der Waals surface area (Å²) in [5.74, 6) is -1.74. The molecule has 2 aliphatic rings. The van der Waals surface area contributed by atoms with Crippen LogP contribution in [0.3, 0.4) is 0 Å². The van der Waals surface area contributed by atoms with Crippen LogP contribution in [0, 0.1) is 5.82 Å². The average molecular weight is 360 g/mol. The molecule has 1 saturated heterocycles. The molecule has 2 aromatic rings. The van der Waals surface area contributed by atoms with Gasteiger partial charge in [0.1, 0.15) is 11.4 Å². The second-order valence-corrected chi connectivity index (χ2v) is 7.19. The lowest BCUT2D eigenvalue weighted by Gasteiger charge is -2.31. The fourth-order valence-electron chi connectivity index (χ4n) is 4.15. The van der Waals surface area contributed by atoms with Crippen LogP contribution in [0.4, 0.5) is 4.39 Å². The Morgan fingerprint density at radius 1 is 1.27 bits per heavy atom. The van der Waals surface area contributed by atoms with Crippen molar-refractivity contribution in [2.24, 2.45) is 0 Å². The number of benzene rings is 1. The van der Waals surface area contributed by atoms with Crippen molar-refractivity contribution in [1.29, 1.82) is 0 Å². The number of aliphatic hydroxyl groups is 1. The SMILES string of the molecule is O=C(O)c1cn2c3c(c(CN4CCC(O)CC4)c(F)cc3c1=O)CCC2. The van der Waals surface area contributed by atoms with Crippen molar-refractivity contribution in [1.82, 2.24) is 9.47 Å². The summed E-state index contributed by atoms with van der Waals surface area (Å²) >= 11 is 0. The van der Waals surface area contributed by atoms with Gasteiger partial charge in [-0.15, -0.1) is 0 Å². The van der Waals surface area contributed by atoms with E-state index in [1.54, 1.807) is 4.57 Å². The van der Waals surface area contributed by atoms with Crippen LogP contribution < -0.4 is 5.43 Å². The molecular weight excluding hydrogens is 339 g/mol.